The molecule has 0 heterocycles. The second-order valence-electron chi connectivity index (χ2n) is 6.10. The van der Waals surface area contributed by atoms with E-state index >= 15 is 0 Å². The minimum absolute atomic E-state index is 0.218. The van der Waals surface area contributed by atoms with Crippen LogP contribution in [0.2, 0.25) is 0 Å². The molecule has 1 aliphatic carbocycles. The number of carbonyl (C=O) groups excluding carboxylic acids is 1. The number of urea groups is 1. The normalized spacial score (nSPS) is 25.3. The number of carbonyl (C=O) groups is 1. The van der Waals surface area contributed by atoms with Crippen molar-refractivity contribution in [2.75, 3.05) is 6.54 Å². The fourth-order valence-electron chi connectivity index (χ4n) is 2.89. The van der Waals surface area contributed by atoms with Crippen LogP contribution in [0.25, 0.3) is 0 Å². The molecule has 4 heteroatoms. The molecule has 1 saturated carbocycles. The summed E-state index contributed by atoms with van der Waals surface area (Å²) >= 11 is 0. The van der Waals surface area contributed by atoms with Crippen molar-refractivity contribution < 1.29 is 9.90 Å². The van der Waals surface area contributed by atoms with Gasteiger partial charge in [0.15, 0.2) is 0 Å². The Hall–Kier alpha value is -1.55. The van der Waals surface area contributed by atoms with Crippen molar-refractivity contribution >= 4 is 6.03 Å². The van der Waals surface area contributed by atoms with E-state index in [2.05, 4.69) is 17.6 Å². The molecule has 4 nitrogen and oxygen atoms in total. The molecule has 116 valence electrons. The van der Waals surface area contributed by atoms with Crippen LogP contribution in [-0.2, 0) is 6.54 Å². The Morgan fingerprint density at radius 3 is 2.52 bits per heavy atom. The highest BCUT2D eigenvalue weighted by Crippen LogP contribution is 2.33. The second-order valence-corrected chi connectivity index (χ2v) is 6.10. The Labute approximate surface area is 126 Å². The molecule has 3 N–H and O–H groups in total. The Morgan fingerprint density at radius 2 is 1.90 bits per heavy atom. The fraction of sp³-hybridized carbons (Fsp3) is 0.588. The first-order chi connectivity index (χ1) is 10.1. The van der Waals surface area contributed by atoms with Gasteiger partial charge in [0.1, 0.15) is 0 Å². The lowest BCUT2D eigenvalue weighted by molar-refractivity contribution is -0.00643. The average molecular weight is 290 g/mol. The van der Waals surface area contributed by atoms with Crippen LogP contribution in [0, 0.1) is 5.92 Å². The fourth-order valence-corrected chi connectivity index (χ4v) is 2.89. The van der Waals surface area contributed by atoms with Crippen LogP contribution in [0.5, 0.6) is 0 Å². The predicted octanol–water partition coefficient (Wildman–Crippen LogP) is 2.82. The molecule has 0 bridgehead atoms. The molecule has 1 aromatic rings. The van der Waals surface area contributed by atoms with Crippen LogP contribution < -0.4 is 10.6 Å². The molecule has 1 fully saturated rings. The molecule has 0 spiro atoms. The van der Waals surface area contributed by atoms with Gasteiger partial charge in [0.2, 0.25) is 0 Å². The first-order valence-electron chi connectivity index (χ1n) is 7.89. The number of nitrogens with one attached hydrogen (secondary N) is 2. The zero-order valence-corrected chi connectivity index (χ0v) is 12.8. The van der Waals surface area contributed by atoms with Gasteiger partial charge in [0.05, 0.1) is 5.60 Å². The van der Waals surface area contributed by atoms with Crippen molar-refractivity contribution in [3.05, 3.63) is 35.9 Å². The Kier molecular flexibility index (Phi) is 5.62. The Morgan fingerprint density at radius 1 is 1.24 bits per heavy atom. The zero-order valence-electron chi connectivity index (χ0n) is 12.8. The van der Waals surface area contributed by atoms with Crippen LogP contribution in [0.15, 0.2) is 30.3 Å². The molecule has 0 radical (unpaired) electrons. The van der Waals surface area contributed by atoms with Gasteiger partial charge < -0.3 is 15.7 Å². The molecule has 0 atom stereocenters. The summed E-state index contributed by atoms with van der Waals surface area (Å²) in [7, 11) is 0. The zero-order chi connectivity index (χ0) is 15.1. The van der Waals surface area contributed by atoms with Gasteiger partial charge in [0.25, 0.3) is 0 Å². The van der Waals surface area contributed by atoms with Gasteiger partial charge in [-0.05, 0) is 37.2 Å². The van der Waals surface area contributed by atoms with Crippen molar-refractivity contribution in [2.45, 2.75) is 51.2 Å². The molecule has 1 aromatic carbocycles. The highest BCUT2D eigenvalue weighted by molar-refractivity contribution is 5.73. The van der Waals surface area contributed by atoms with E-state index in [0.29, 0.717) is 13.1 Å². The van der Waals surface area contributed by atoms with Gasteiger partial charge >= 0.3 is 6.03 Å². The quantitative estimate of drug-likeness (QED) is 0.781. The van der Waals surface area contributed by atoms with Gasteiger partial charge in [-0.2, -0.15) is 0 Å². The summed E-state index contributed by atoms with van der Waals surface area (Å²) in [6, 6.07) is 9.57. The summed E-state index contributed by atoms with van der Waals surface area (Å²) in [5.74, 6) is 0.734. The van der Waals surface area contributed by atoms with E-state index in [9.17, 15) is 9.90 Å². The van der Waals surface area contributed by atoms with Gasteiger partial charge in [0, 0.05) is 13.1 Å². The highest BCUT2D eigenvalue weighted by atomic mass is 16.3. The van der Waals surface area contributed by atoms with E-state index in [1.165, 1.54) is 6.42 Å². The molecule has 0 saturated heterocycles. The predicted molar refractivity (Wildman–Crippen MR) is 83.9 cm³/mol. The number of hydrogen-bond acceptors (Lipinski definition) is 2. The lowest BCUT2D eigenvalue weighted by atomic mass is 9.78. The molecule has 2 rings (SSSR count). The van der Waals surface area contributed by atoms with E-state index in [0.717, 1.165) is 37.2 Å². The summed E-state index contributed by atoms with van der Waals surface area (Å²) in [6.07, 6.45) is 4.86. The topological polar surface area (TPSA) is 61.4 Å². The first-order valence-corrected chi connectivity index (χ1v) is 7.89. The van der Waals surface area contributed by atoms with Gasteiger partial charge in [-0.25, -0.2) is 4.79 Å². The van der Waals surface area contributed by atoms with Crippen LogP contribution >= 0.6 is 0 Å². The number of benzene rings is 1. The first kappa shape index (κ1) is 15.8. The van der Waals surface area contributed by atoms with Crippen molar-refractivity contribution in [1.82, 2.24) is 10.6 Å². The van der Waals surface area contributed by atoms with Crippen LogP contribution in [0.1, 0.15) is 44.6 Å². The van der Waals surface area contributed by atoms with E-state index in [-0.39, 0.29) is 6.03 Å². The number of amides is 2. The van der Waals surface area contributed by atoms with Crippen molar-refractivity contribution in [1.29, 1.82) is 0 Å². The minimum atomic E-state index is -0.726. The smallest absolute Gasteiger partial charge is 0.315 e. The molecule has 0 aliphatic heterocycles. The van der Waals surface area contributed by atoms with Crippen molar-refractivity contribution in [2.24, 2.45) is 5.92 Å². The molecule has 0 aromatic heterocycles. The summed E-state index contributed by atoms with van der Waals surface area (Å²) in [4.78, 5) is 11.8. The Bertz CT molecular complexity index is 439. The molecule has 0 unspecified atom stereocenters. The van der Waals surface area contributed by atoms with E-state index in [1.54, 1.807) is 0 Å². The SMILES string of the molecule is CCC1CCC(O)(CNC(=O)NCc2ccccc2)CC1. The lowest BCUT2D eigenvalue weighted by Gasteiger charge is -2.35. The van der Waals surface area contributed by atoms with Crippen molar-refractivity contribution in [3.63, 3.8) is 0 Å². The monoisotopic (exact) mass is 290 g/mol. The van der Waals surface area contributed by atoms with Crippen LogP contribution in [0.3, 0.4) is 0 Å². The third kappa shape index (κ3) is 5.05. The summed E-state index contributed by atoms with van der Waals surface area (Å²) < 4.78 is 0. The average Bonchev–Trinajstić information content (AvgIpc) is 2.53. The summed E-state index contributed by atoms with van der Waals surface area (Å²) in [6.45, 7) is 3.04. The largest absolute Gasteiger partial charge is 0.388 e. The third-order valence-corrected chi connectivity index (χ3v) is 4.49. The maximum atomic E-state index is 11.8. The van der Waals surface area contributed by atoms with Gasteiger partial charge in [-0.15, -0.1) is 0 Å². The van der Waals surface area contributed by atoms with E-state index in [1.807, 2.05) is 30.3 Å². The minimum Gasteiger partial charge on any atom is -0.388 e. The van der Waals surface area contributed by atoms with Crippen LogP contribution in [-0.4, -0.2) is 23.3 Å². The van der Waals surface area contributed by atoms with Crippen LogP contribution in [0.4, 0.5) is 4.79 Å². The Balaban J connectivity index is 1.69. The van der Waals surface area contributed by atoms with E-state index in [4.69, 9.17) is 0 Å². The van der Waals surface area contributed by atoms with E-state index < -0.39 is 5.60 Å². The standard InChI is InChI=1S/C17H26N2O2/c1-2-14-8-10-17(21,11-9-14)13-19-16(20)18-12-15-6-4-3-5-7-15/h3-7,14,21H,2,8-13H2,1H3,(H2,18,19,20). The molecule has 2 amide bonds. The highest BCUT2D eigenvalue weighted by Gasteiger charge is 2.32. The number of aliphatic hydroxyl groups is 1. The summed E-state index contributed by atoms with van der Waals surface area (Å²) in [5, 5.41) is 16.1. The van der Waals surface area contributed by atoms with Gasteiger partial charge in [-0.3, -0.25) is 0 Å². The number of rotatable bonds is 5. The number of hydrogen-bond donors (Lipinski definition) is 3. The lowest BCUT2D eigenvalue weighted by Crippen LogP contribution is -2.47. The maximum Gasteiger partial charge on any atom is 0.315 e. The molecular formula is C17H26N2O2. The molecule has 21 heavy (non-hydrogen) atoms. The third-order valence-electron chi connectivity index (χ3n) is 4.49. The van der Waals surface area contributed by atoms with Crippen molar-refractivity contribution in [3.8, 4) is 0 Å². The second kappa shape index (κ2) is 7.46. The molecular weight excluding hydrogens is 264 g/mol. The maximum absolute atomic E-state index is 11.8. The van der Waals surface area contributed by atoms with Gasteiger partial charge in [-0.1, -0.05) is 43.7 Å². The summed E-state index contributed by atoms with van der Waals surface area (Å²) in [5.41, 5.74) is 0.338. The molecule has 1 aliphatic rings.